The van der Waals surface area contributed by atoms with Crippen LogP contribution in [0.2, 0.25) is 0 Å². The first-order valence-electron chi connectivity index (χ1n) is 12.3. The zero-order chi connectivity index (χ0) is 25.9. The molecule has 2 atom stereocenters. The van der Waals surface area contributed by atoms with Gasteiger partial charge in [-0.3, -0.25) is 4.90 Å². The van der Waals surface area contributed by atoms with E-state index in [4.69, 9.17) is 4.74 Å². The van der Waals surface area contributed by atoms with Crippen molar-refractivity contribution in [3.63, 3.8) is 0 Å². The monoisotopic (exact) mass is 536 g/mol. The van der Waals surface area contributed by atoms with E-state index in [1.807, 2.05) is 18.2 Å². The van der Waals surface area contributed by atoms with Crippen molar-refractivity contribution in [1.29, 1.82) is 0 Å². The van der Waals surface area contributed by atoms with Gasteiger partial charge in [-0.2, -0.15) is 0 Å². The number of para-hydroxylation sites is 2. The maximum absolute atomic E-state index is 13.2. The highest BCUT2D eigenvalue weighted by Gasteiger charge is 2.35. The Kier molecular flexibility index (Phi) is 8.25. The van der Waals surface area contributed by atoms with Gasteiger partial charge in [-0.15, -0.1) is 0 Å². The topological polar surface area (TPSA) is 99.3 Å². The van der Waals surface area contributed by atoms with Gasteiger partial charge in [-0.05, 0) is 49.2 Å². The normalized spacial score (nSPS) is 22.1. The smallest absolute Gasteiger partial charge is 0.242 e. The number of piperazine rings is 1. The molecule has 1 saturated heterocycles. The number of methoxy groups -OCH3 is 1. The van der Waals surface area contributed by atoms with Crippen LogP contribution in [0.3, 0.4) is 0 Å². The summed E-state index contributed by atoms with van der Waals surface area (Å²) in [5.74, 6) is 0.860. The predicted molar refractivity (Wildman–Crippen MR) is 140 cm³/mol. The number of hydrogen-bond acceptors (Lipinski definition) is 7. The number of benzene rings is 2. The van der Waals surface area contributed by atoms with Crippen LogP contribution in [-0.4, -0.2) is 85.5 Å². The summed E-state index contributed by atoms with van der Waals surface area (Å²) in [4.78, 5) is 4.87. The molecule has 4 rings (SSSR count). The average Bonchev–Trinajstić information content (AvgIpc) is 2.89. The molecular weight excluding hydrogens is 500 g/mol. The van der Waals surface area contributed by atoms with Crippen molar-refractivity contribution in [2.45, 2.75) is 47.6 Å². The lowest BCUT2D eigenvalue weighted by Crippen LogP contribution is -2.58. The lowest BCUT2D eigenvalue weighted by molar-refractivity contribution is 0.124. The zero-order valence-corrected chi connectivity index (χ0v) is 22.8. The van der Waals surface area contributed by atoms with Crippen molar-refractivity contribution in [2.24, 2.45) is 0 Å². The van der Waals surface area contributed by atoms with E-state index in [-0.39, 0.29) is 21.9 Å². The summed E-state index contributed by atoms with van der Waals surface area (Å²) in [5, 5.41) is 0. The molecule has 2 aliphatic rings. The molecule has 2 unspecified atom stereocenters. The van der Waals surface area contributed by atoms with Gasteiger partial charge >= 0.3 is 0 Å². The van der Waals surface area contributed by atoms with Crippen LogP contribution in [0.25, 0.3) is 0 Å². The highest BCUT2D eigenvalue weighted by molar-refractivity contribution is 7.89. The molecule has 1 heterocycles. The molecule has 0 radical (unpaired) electrons. The molecule has 2 aromatic rings. The fourth-order valence-electron chi connectivity index (χ4n) is 5.14. The van der Waals surface area contributed by atoms with Gasteiger partial charge in [0.2, 0.25) is 20.0 Å². The number of sulfonamides is 2. The van der Waals surface area contributed by atoms with Crippen LogP contribution in [0.15, 0.2) is 58.3 Å². The summed E-state index contributed by atoms with van der Waals surface area (Å²) in [7, 11) is -2.83. The van der Waals surface area contributed by atoms with Crippen LogP contribution in [-0.2, 0) is 20.0 Å². The van der Waals surface area contributed by atoms with Crippen molar-refractivity contribution in [3.05, 3.63) is 48.5 Å². The van der Waals surface area contributed by atoms with Crippen LogP contribution in [0, 0.1) is 0 Å². The number of ether oxygens (including phenoxy) is 1. The minimum Gasteiger partial charge on any atom is -0.495 e. The summed E-state index contributed by atoms with van der Waals surface area (Å²) in [6.07, 6.45) is 3.78. The van der Waals surface area contributed by atoms with Crippen molar-refractivity contribution in [1.82, 2.24) is 13.9 Å². The van der Waals surface area contributed by atoms with Crippen LogP contribution < -0.4 is 14.4 Å². The van der Waals surface area contributed by atoms with E-state index in [1.54, 1.807) is 7.11 Å². The van der Waals surface area contributed by atoms with Gasteiger partial charge < -0.3 is 9.64 Å². The van der Waals surface area contributed by atoms with Crippen molar-refractivity contribution < 1.29 is 21.6 Å². The predicted octanol–water partition coefficient (Wildman–Crippen LogP) is 2.36. The summed E-state index contributed by atoms with van der Waals surface area (Å²) in [6.45, 7) is 3.38. The first-order chi connectivity index (χ1) is 17.1. The SMILES string of the molecule is COc1ccccc1N1CCN(C2CCCCC2NS(=O)(=O)c2ccc(S(=O)(=O)N(C)C)cc2)CC1. The number of anilines is 1. The van der Waals surface area contributed by atoms with Crippen LogP contribution >= 0.6 is 0 Å². The minimum atomic E-state index is -3.79. The largest absolute Gasteiger partial charge is 0.495 e. The highest BCUT2D eigenvalue weighted by atomic mass is 32.2. The molecule has 36 heavy (non-hydrogen) atoms. The maximum Gasteiger partial charge on any atom is 0.242 e. The highest BCUT2D eigenvalue weighted by Crippen LogP contribution is 2.31. The van der Waals surface area contributed by atoms with Gasteiger partial charge in [-0.25, -0.2) is 25.9 Å². The van der Waals surface area contributed by atoms with Crippen LogP contribution in [0.5, 0.6) is 5.75 Å². The molecule has 0 bridgehead atoms. The Morgan fingerprint density at radius 1 is 0.861 bits per heavy atom. The van der Waals surface area contributed by atoms with Crippen molar-refractivity contribution in [2.75, 3.05) is 52.3 Å². The standard InChI is InChI=1S/C25H36N4O5S2/c1-27(2)36(32,33)21-14-12-20(13-15-21)35(30,31)26-22-8-4-5-9-23(22)28-16-18-29(19-17-28)24-10-6-7-11-25(24)34-3/h6-7,10-15,22-23,26H,4-5,8-9,16-19H2,1-3H3. The molecule has 198 valence electrons. The lowest BCUT2D eigenvalue weighted by atomic mass is 9.89. The molecule has 0 amide bonds. The quantitative estimate of drug-likeness (QED) is 0.553. The molecule has 1 aliphatic carbocycles. The maximum atomic E-state index is 13.2. The summed E-state index contributed by atoms with van der Waals surface area (Å²) >= 11 is 0. The molecule has 2 fully saturated rings. The molecule has 2 aromatic carbocycles. The Balaban J connectivity index is 1.44. The third-order valence-corrected chi connectivity index (χ3v) is 10.5. The lowest BCUT2D eigenvalue weighted by Gasteiger charge is -2.45. The average molecular weight is 537 g/mol. The zero-order valence-electron chi connectivity index (χ0n) is 21.1. The van der Waals surface area contributed by atoms with Crippen molar-refractivity contribution in [3.8, 4) is 5.75 Å². The van der Waals surface area contributed by atoms with E-state index >= 15 is 0 Å². The number of rotatable bonds is 8. The minimum absolute atomic E-state index is 0.0647. The van der Waals surface area contributed by atoms with Crippen molar-refractivity contribution >= 4 is 25.7 Å². The molecule has 1 N–H and O–H groups in total. The van der Waals surface area contributed by atoms with E-state index in [1.165, 1.54) is 38.4 Å². The second-order valence-electron chi connectivity index (χ2n) is 9.53. The Morgan fingerprint density at radius 2 is 1.47 bits per heavy atom. The van der Waals surface area contributed by atoms with E-state index < -0.39 is 20.0 Å². The van der Waals surface area contributed by atoms with Gasteiger partial charge in [0.1, 0.15) is 5.75 Å². The second-order valence-corrected chi connectivity index (χ2v) is 13.4. The van der Waals surface area contributed by atoms with Gasteiger partial charge in [0.25, 0.3) is 0 Å². The first-order valence-corrected chi connectivity index (χ1v) is 15.2. The fourth-order valence-corrected chi connectivity index (χ4v) is 7.35. The van der Waals surface area contributed by atoms with Gasteiger partial charge in [-0.1, -0.05) is 25.0 Å². The molecule has 11 heteroatoms. The van der Waals surface area contributed by atoms with Gasteiger partial charge in [0.05, 0.1) is 22.6 Å². The molecule has 1 saturated carbocycles. The third-order valence-electron chi connectivity index (χ3n) is 7.16. The van der Waals surface area contributed by atoms with E-state index in [9.17, 15) is 16.8 Å². The summed E-state index contributed by atoms with van der Waals surface area (Å²) < 4.78 is 60.7. The van der Waals surface area contributed by atoms with Crippen LogP contribution in [0.4, 0.5) is 5.69 Å². The number of hydrogen-bond donors (Lipinski definition) is 1. The fraction of sp³-hybridized carbons (Fsp3) is 0.520. The second kappa shape index (κ2) is 11.1. The summed E-state index contributed by atoms with van der Waals surface area (Å²) in [5.41, 5.74) is 1.08. The van der Waals surface area contributed by atoms with Gasteiger partial charge in [0, 0.05) is 52.4 Å². The van der Waals surface area contributed by atoms with Crippen LogP contribution in [0.1, 0.15) is 25.7 Å². The molecule has 9 nitrogen and oxygen atoms in total. The third kappa shape index (κ3) is 5.70. The number of nitrogens with one attached hydrogen (secondary N) is 1. The number of nitrogens with zero attached hydrogens (tertiary/aromatic N) is 3. The molecular formula is C25H36N4O5S2. The Labute approximate surface area is 215 Å². The van der Waals surface area contributed by atoms with E-state index in [0.717, 1.165) is 67.6 Å². The molecule has 0 spiro atoms. The Hall–Kier alpha value is -2.18. The van der Waals surface area contributed by atoms with E-state index in [0.29, 0.717) is 0 Å². The molecule has 0 aromatic heterocycles. The first kappa shape index (κ1) is 26.9. The Morgan fingerprint density at radius 3 is 2.11 bits per heavy atom. The Bertz CT molecular complexity index is 1240. The van der Waals surface area contributed by atoms with Gasteiger partial charge in [0.15, 0.2) is 0 Å². The van der Waals surface area contributed by atoms with E-state index in [2.05, 4.69) is 20.6 Å². The molecule has 1 aliphatic heterocycles. The summed E-state index contributed by atoms with van der Waals surface area (Å²) in [6, 6.07) is 13.4.